The van der Waals surface area contributed by atoms with Crippen LogP contribution in [0, 0.1) is 5.92 Å². The highest BCUT2D eigenvalue weighted by Gasteiger charge is 2.31. The Kier molecular flexibility index (Phi) is 3.48. The van der Waals surface area contributed by atoms with Gasteiger partial charge in [0.2, 0.25) is 5.91 Å². The molecule has 2 rings (SSSR count). The molecule has 1 aromatic rings. The van der Waals surface area contributed by atoms with E-state index in [2.05, 4.69) is 0 Å². The number of aliphatic hydroxyl groups excluding tert-OH is 1. The molecule has 0 radical (unpaired) electrons. The molecule has 1 heterocycles. The lowest BCUT2D eigenvalue weighted by atomic mass is 10.1. The summed E-state index contributed by atoms with van der Waals surface area (Å²) in [5.74, 6) is -0.431. The Bertz CT molecular complexity index is 614. The number of nitrogen functional groups attached to an aromatic ring is 1. The zero-order valence-electron chi connectivity index (χ0n) is 9.98. The maximum absolute atomic E-state index is 11.8. The van der Waals surface area contributed by atoms with E-state index in [0.717, 1.165) is 12.1 Å². The molecule has 0 saturated carbocycles. The Morgan fingerprint density at radius 2 is 2.11 bits per heavy atom. The Hall–Kier alpha value is -1.64. The molecule has 1 aliphatic heterocycles. The summed E-state index contributed by atoms with van der Waals surface area (Å²) >= 11 is 0. The van der Waals surface area contributed by atoms with Gasteiger partial charge in [-0.05, 0) is 18.2 Å². The average molecular weight is 286 g/mol. The van der Waals surface area contributed by atoms with Gasteiger partial charge in [0, 0.05) is 25.5 Å². The van der Waals surface area contributed by atoms with Crippen molar-refractivity contribution in [3.05, 3.63) is 18.2 Å². The van der Waals surface area contributed by atoms with Gasteiger partial charge >= 0.3 is 0 Å². The van der Waals surface area contributed by atoms with Crippen molar-refractivity contribution in [2.24, 2.45) is 5.92 Å². The molecule has 0 bridgehead atoms. The molecule has 4 N–H and O–H groups in total. The fourth-order valence-corrected chi connectivity index (χ4v) is 2.55. The predicted molar refractivity (Wildman–Crippen MR) is 68.2 cm³/mol. The van der Waals surface area contributed by atoms with E-state index in [1.54, 1.807) is 0 Å². The number of hydrogen-bond donors (Lipinski definition) is 3. The van der Waals surface area contributed by atoms with Crippen molar-refractivity contribution >= 4 is 27.4 Å². The Morgan fingerprint density at radius 1 is 1.42 bits per heavy atom. The maximum Gasteiger partial charge on any atom is 0.294 e. The molecule has 104 valence electrons. The number of nitrogens with zero attached hydrogens (tertiary/aromatic N) is 1. The van der Waals surface area contributed by atoms with Crippen LogP contribution >= 0.6 is 0 Å². The summed E-state index contributed by atoms with van der Waals surface area (Å²) in [5.41, 5.74) is 6.20. The third kappa shape index (κ3) is 2.70. The number of amides is 1. The van der Waals surface area contributed by atoms with Crippen LogP contribution in [-0.2, 0) is 14.9 Å². The lowest BCUT2D eigenvalue weighted by molar-refractivity contribution is -0.117. The predicted octanol–water partition coefficient (Wildman–Crippen LogP) is -0.139. The lowest BCUT2D eigenvalue weighted by Crippen LogP contribution is -2.26. The number of aliphatic hydroxyl groups is 1. The Morgan fingerprint density at radius 3 is 2.63 bits per heavy atom. The molecule has 0 spiro atoms. The first-order valence-corrected chi connectivity index (χ1v) is 7.05. The molecule has 8 heteroatoms. The second-order valence-electron chi connectivity index (χ2n) is 4.45. The van der Waals surface area contributed by atoms with E-state index in [1.165, 1.54) is 11.0 Å². The highest BCUT2D eigenvalue weighted by atomic mass is 32.2. The van der Waals surface area contributed by atoms with Gasteiger partial charge in [0.25, 0.3) is 10.1 Å². The molecular formula is C11H14N2O5S. The monoisotopic (exact) mass is 286 g/mol. The SMILES string of the molecule is Nc1ccc(S(=O)(=O)O)cc1N1CC(CO)CC1=O. The van der Waals surface area contributed by atoms with Crippen molar-refractivity contribution in [1.29, 1.82) is 0 Å². The average Bonchev–Trinajstić information content (AvgIpc) is 2.69. The third-order valence-corrected chi connectivity index (χ3v) is 3.90. The highest BCUT2D eigenvalue weighted by molar-refractivity contribution is 7.85. The number of benzene rings is 1. The number of rotatable bonds is 3. The van der Waals surface area contributed by atoms with Crippen LogP contribution < -0.4 is 10.6 Å². The lowest BCUT2D eigenvalue weighted by Gasteiger charge is -2.19. The minimum Gasteiger partial charge on any atom is -0.397 e. The highest BCUT2D eigenvalue weighted by Crippen LogP contribution is 2.31. The van der Waals surface area contributed by atoms with Gasteiger partial charge in [0.1, 0.15) is 0 Å². The first-order chi connectivity index (χ1) is 8.82. The summed E-state index contributed by atoms with van der Waals surface area (Å²) in [6, 6.07) is 3.64. The van der Waals surface area contributed by atoms with Crippen molar-refractivity contribution in [1.82, 2.24) is 0 Å². The van der Waals surface area contributed by atoms with E-state index in [4.69, 9.17) is 15.4 Å². The molecule has 1 atom stereocenters. The van der Waals surface area contributed by atoms with Crippen LogP contribution in [0.2, 0.25) is 0 Å². The second-order valence-corrected chi connectivity index (χ2v) is 5.87. The normalized spacial score (nSPS) is 20.0. The largest absolute Gasteiger partial charge is 0.397 e. The van der Waals surface area contributed by atoms with Crippen LogP contribution in [0.25, 0.3) is 0 Å². The van der Waals surface area contributed by atoms with E-state index in [1.807, 2.05) is 0 Å². The summed E-state index contributed by atoms with van der Waals surface area (Å²) < 4.78 is 31.2. The molecule has 1 aromatic carbocycles. The minimum absolute atomic E-state index is 0.125. The van der Waals surface area contributed by atoms with Crippen LogP contribution in [0.1, 0.15) is 6.42 Å². The molecule has 0 aliphatic carbocycles. The molecule has 7 nitrogen and oxygen atoms in total. The molecule has 1 aliphatic rings. The van der Waals surface area contributed by atoms with Gasteiger partial charge in [-0.3, -0.25) is 9.35 Å². The van der Waals surface area contributed by atoms with Gasteiger partial charge in [0.15, 0.2) is 0 Å². The number of hydrogen-bond acceptors (Lipinski definition) is 5. The van der Waals surface area contributed by atoms with Crippen molar-refractivity contribution in [2.75, 3.05) is 23.8 Å². The number of anilines is 2. The fraction of sp³-hybridized carbons (Fsp3) is 0.364. The van der Waals surface area contributed by atoms with Crippen LogP contribution in [0.5, 0.6) is 0 Å². The van der Waals surface area contributed by atoms with Gasteiger partial charge < -0.3 is 15.7 Å². The Labute approximate surface area is 110 Å². The zero-order chi connectivity index (χ0) is 14.2. The summed E-state index contributed by atoms with van der Waals surface area (Å²) in [7, 11) is -4.35. The second kappa shape index (κ2) is 4.80. The maximum atomic E-state index is 11.8. The summed E-state index contributed by atoms with van der Waals surface area (Å²) in [6.07, 6.45) is 0.187. The molecular weight excluding hydrogens is 272 g/mol. The van der Waals surface area contributed by atoms with E-state index in [9.17, 15) is 13.2 Å². The van der Waals surface area contributed by atoms with Crippen LogP contribution in [0.3, 0.4) is 0 Å². The van der Waals surface area contributed by atoms with Crippen LogP contribution in [0.15, 0.2) is 23.1 Å². The fourth-order valence-electron chi connectivity index (χ4n) is 2.05. The molecule has 1 fully saturated rings. The number of carbonyl (C=O) groups excluding carboxylic acids is 1. The van der Waals surface area contributed by atoms with Crippen LogP contribution in [0.4, 0.5) is 11.4 Å². The number of carbonyl (C=O) groups is 1. The van der Waals surface area contributed by atoms with Gasteiger partial charge in [-0.15, -0.1) is 0 Å². The van der Waals surface area contributed by atoms with Crippen molar-refractivity contribution in [3.8, 4) is 0 Å². The molecule has 19 heavy (non-hydrogen) atoms. The molecule has 1 amide bonds. The molecule has 1 saturated heterocycles. The van der Waals surface area contributed by atoms with E-state index < -0.39 is 10.1 Å². The standard InChI is InChI=1S/C11H14N2O5S/c12-9-2-1-8(19(16,17)18)4-10(9)13-5-7(6-14)3-11(13)15/h1-2,4,7,14H,3,5-6,12H2,(H,16,17,18). The van der Waals surface area contributed by atoms with E-state index >= 15 is 0 Å². The van der Waals surface area contributed by atoms with Crippen LogP contribution in [-0.4, -0.2) is 37.1 Å². The molecule has 0 aromatic heterocycles. The summed E-state index contributed by atoms with van der Waals surface area (Å²) in [5, 5.41) is 9.06. The smallest absolute Gasteiger partial charge is 0.294 e. The van der Waals surface area contributed by atoms with Crippen molar-refractivity contribution in [2.45, 2.75) is 11.3 Å². The van der Waals surface area contributed by atoms with Gasteiger partial charge in [-0.1, -0.05) is 0 Å². The van der Waals surface area contributed by atoms with Gasteiger partial charge in [-0.25, -0.2) is 0 Å². The van der Waals surface area contributed by atoms with E-state index in [0.29, 0.717) is 0 Å². The van der Waals surface area contributed by atoms with E-state index in [-0.39, 0.29) is 47.7 Å². The summed E-state index contributed by atoms with van der Waals surface area (Å²) in [4.78, 5) is 12.8. The first kappa shape index (κ1) is 13.8. The first-order valence-electron chi connectivity index (χ1n) is 5.61. The van der Waals surface area contributed by atoms with Crippen molar-refractivity contribution < 1.29 is 22.9 Å². The van der Waals surface area contributed by atoms with Gasteiger partial charge in [0.05, 0.1) is 16.3 Å². The third-order valence-electron chi connectivity index (χ3n) is 3.05. The van der Waals surface area contributed by atoms with Crippen molar-refractivity contribution in [3.63, 3.8) is 0 Å². The zero-order valence-corrected chi connectivity index (χ0v) is 10.8. The topological polar surface area (TPSA) is 121 Å². The summed E-state index contributed by atoms with van der Waals surface area (Å²) in [6.45, 7) is 0.147. The Balaban J connectivity index is 2.42. The molecule has 1 unspecified atom stereocenters. The van der Waals surface area contributed by atoms with Gasteiger partial charge in [-0.2, -0.15) is 8.42 Å². The minimum atomic E-state index is -4.35. The quantitative estimate of drug-likeness (QED) is 0.525. The number of nitrogens with two attached hydrogens (primary N) is 1.